The standard InChI is InChI=1S/C18H22N2O/c1-13-7-8-14(2)16(9-13)11-18(21)20-17-6-4-5-15(10-17)12-19-3/h4-10,19H,11-12H2,1-3H3,(H,20,21). The van der Waals surface area contributed by atoms with E-state index in [1.54, 1.807) is 0 Å². The number of benzene rings is 2. The SMILES string of the molecule is CNCc1cccc(NC(=O)Cc2cc(C)ccc2C)c1. The molecule has 2 N–H and O–H groups in total. The van der Waals surface area contributed by atoms with Crippen LogP contribution in [0.3, 0.4) is 0 Å². The number of carbonyl (C=O) groups excluding carboxylic acids is 1. The number of rotatable bonds is 5. The smallest absolute Gasteiger partial charge is 0.228 e. The molecule has 0 aromatic heterocycles. The summed E-state index contributed by atoms with van der Waals surface area (Å²) in [5, 5.41) is 6.07. The number of anilines is 1. The Labute approximate surface area is 126 Å². The zero-order chi connectivity index (χ0) is 15.2. The third kappa shape index (κ3) is 4.43. The normalized spacial score (nSPS) is 10.4. The lowest BCUT2D eigenvalue weighted by Gasteiger charge is -2.09. The number of aryl methyl sites for hydroxylation is 2. The van der Waals surface area contributed by atoms with Gasteiger partial charge in [0, 0.05) is 12.2 Å². The van der Waals surface area contributed by atoms with E-state index in [1.165, 1.54) is 5.56 Å². The van der Waals surface area contributed by atoms with Crippen LogP contribution in [0.25, 0.3) is 0 Å². The fourth-order valence-electron chi connectivity index (χ4n) is 2.33. The Bertz CT molecular complexity index is 635. The minimum absolute atomic E-state index is 0.0188. The monoisotopic (exact) mass is 282 g/mol. The first-order chi connectivity index (χ1) is 10.1. The van der Waals surface area contributed by atoms with E-state index in [2.05, 4.69) is 28.8 Å². The molecule has 0 atom stereocenters. The Balaban J connectivity index is 2.04. The van der Waals surface area contributed by atoms with Crippen LogP contribution in [0.5, 0.6) is 0 Å². The molecule has 0 saturated heterocycles. The number of amides is 1. The predicted octanol–water partition coefficient (Wildman–Crippen LogP) is 3.20. The molecular formula is C18H22N2O. The second kappa shape index (κ2) is 7.04. The first-order valence-corrected chi connectivity index (χ1v) is 7.18. The largest absolute Gasteiger partial charge is 0.326 e. The van der Waals surface area contributed by atoms with Crippen molar-refractivity contribution in [2.75, 3.05) is 12.4 Å². The first-order valence-electron chi connectivity index (χ1n) is 7.18. The molecule has 0 aliphatic rings. The average molecular weight is 282 g/mol. The first kappa shape index (κ1) is 15.3. The molecule has 0 bridgehead atoms. The summed E-state index contributed by atoms with van der Waals surface area (Å²) in [6.45, 7) is 4.87. The summed E-state index contributed by atoms with van der Waals surface area (Å²) in [5.41, 5.74) is 5.41. The van der Waals surface area contributed by atoms with Crippen LogP contribution in [0.2, 0.25) is 0 Å². The summed E-state index contributed by atoms with van der Waals surface area (Å²) < 4.78 is 0. The molecule has 0 radical (unpaired) electrons. The van der Waals surface area contributed by atoms with Crippen molar-refractivity contribution in [3.05, 3.63) is 64.7 Å². The van der Waals surface area contributed by atoms with Crippen molar-refractivity contribution in [3.63, 3.8) is 0 Å². The molecule has 2 rings (SSSR count). The third-order valence-corrected chi connectivity index (χ3v) is 3.45. The molecule has 0 heterocycles. The Morgan fingerprint density at radius 3 is 2.67 bits per heavy atom. The highest BCUT2D eigenvalue weighted by atomic mass is 16.1. The van der Waals surface area contributed by atoms with Gasteiger partial charge in [0.1, 0.15) is 0 Å². The lowest BCUT2D eigenvalue weighted by Crippen LogP contribution is -2.15. The molecule has 110 valence electrons. The average Bonchev–Trinajstić information content (AvgIpc) is 2.43. The van der Waals surface area contributed by atoms with Gasteiger partial charge in [-0.15, -0.1) is 0 Å². The quantitative estimate of drug-likeness (QED) is 0.884. The molecule has 1 amide bonds. The van der Waals surface area contributed by atoms with E-state index < -0.39 is 0 Å². The van der Waals surface area contributed by atoms with Gasteiger partial charge < -0.3 is 10.6 Å². The van der Waals surface area contributed by atoms with Crippen molar-refractivity contribution in [2.24, 2.45) is 0 Å². The molecule has 3 heteroatoms. The van der Waals surface area contributed by atoms with Crippen molar-refractivity contribution >= 4 is 11.6 Å². The van der Waals surface area contributed by atoms with Gasteiger partial charge in [-0.1, -0.05) is 35.9 Å². The highest BCUT2D eigenvalue weighted by Gasteiger charge is 2.07. The van der Waals surface area contributed by atoms with Gasteiger partial charge in [0.15, 0.2) is 0 Å². The van der Waals surface area contributed by atoms with Gasteiger partial charge >= 0.3 is 0 Å². The summed E-state index contributed by atoms with van der Waals surface area (Å²) in [5.74, 6) is 0.0188. The van der Waals surface area contributed by atoms with Crippen LogP contribution < -0.4 is 10.6 Å². The summed E-state index contributed by atoms with van der Waals surface area (Å²) in [4.78, 5) is 12.2. The Hall–Kier alpha value is -2.13. The van der Waals surface area contributed by atoms with Crippen LogP contribution in [0.4, 0.5) is 5.69 Å². The van der Waals surface area contributed by atoms with E-state index in [-0.39, 0.29) is 5.91 Å². The molecular weight excluding hydrogens is 260 g/mol. The zero-order valence-corrected chi connectivity index (χ0v) is 12.9. The van der Waals surface area contributed by atoms with Crippen LogP contribution in [-0.2, 0) is 17.8 Å². The van der Waals surface area contributed by atoms with Crippen LogP contribution in [0.1, 0.15) is 22.3 Å². The minimum atomic E-state index is 0.0188. The Kier molecular flexibility index (Phi) is 5.12. The van der Waals surface area contributed by atoms with E-state index in [0.717, 1.165) is 28.9 Å². The van der Waals surface area contributed by atoms with Gasteiger partial charge in [-0.2, -0.15) is 0 Å². The van der Waals surface area contributed by atoms with Crippen LogP contribution in [0, 0.1) is 13.8 Å². The molecule has 2 aromatic rings. The summed E-state index contributed by atoms with van der Waals surface area (Å²) in [6.07, 6.45) is 0.407. The maximum Gasteiger partial charge on any atom is 0.228 e. The number of hydrogen-bond acceptors (Lipinski definition) is 2. The van der Waals surface area contributed by atoms with E-state index in [1.807, 2.05) is 45.2 Å². The Morgan fingerprint density at radius 2 is 1.90 bits per heavy atom. The molecule has 0 saturated carbocycles. The Morgan fingerprint density at radius 1 is 1.10 bits per heavy atom. The highest BCUT2D eigenvalue weighted by Crippen LogP contribution is 2.14. The highest BCUT2D eigenvalue weighted by molar-refractivity contribution is 5.92. The molecule has 2 aromatic carbocycles. The van der Waals surface area contributed by atoms with Crippen LogP contribution in [-0.4, -0.2) is 13.0 Å². The van der Waals surface area contributed by atoms with E-state index in [4.69, 9.17) is 0 Å². The molecule has 0 unspecified atom stereocenters. The summed E-state index contributed by atoms with van der Waals surface area (Å²) in [7, 11) is 1.91. The fourth-order valence-corrected chi connectivity index (χ4v) is 2.33. The number of carbonyl (C=O) groups is 1. The lowest BCUT2D eigenvalue weighted by atomic mass is 10.0. The maximum absolute atomic E-state index is 12.2. The van der Waals surface area contributed by atoms with E-state index in [0.29, 0.717) is 6.42 Å². The van der Waals surface area contributed by atoms with Gasteiger partial charge in [0.05, 0.1) is 6.42 Å². The van der Waals surface area contributed by atoms with Gasteiger partial charge in [0.2, 0.25) is 5.91 Å². The zero-order valence-electron chi connectivity index (χ0n) is 12.9. The van der Waals surface area contributed by atoms with Gasteiger partial charge in [-0.25, -0.2) is 0 Å². The van der Waals surface area contributed by atoms with Gasteiger partial charge in [-0.05, 0) is 49.7 Å². The molecule has 0 aliphatic heterocycles. The topological polar surface area (TPSA) is 41.1 Å². The second-order valence-corrected chi connectivity index (χ2v) is 5.39. The number of hydrogen-bond donors (Lipinski definition) is 2. The van der Waals surface area contributed by atoms with Crippen molar-refractivity contribution in [2.45, 2.75) is 26.8 Å². The van der Waals surface area contributed by atoms with Crippen LogP contribution >= 0.6 is 0 Å². The molecule has 3 nitrogen and oxygen atoms in total. The second-order valence-electron chi connectivity index (χ2n) is 5.39. The number of nitrogens with one attached hydrogen (secondary N) is 2. The molecule has 0 aliphatic carbocycles. The maximum atomic E-state index is 12.2. The summed E-state index contributed by atoms with van der Waals surface area (Å²) in [6, 6.07) is 14.1. The summed E-state index contributed by atoms with van der Waals surface area (Å²) >= 11 is 0. The van der Waals surface area contributed by atoms with Crippen molar-refractivity contribution in [3.8, 4) is 0 Å². The third-order valence-electron chi connectivity index (χ3n) is 3.45. The molecule has 0 fully saturated rings. The predicted molar refractivity (Wildman–Crippen MR) is 87.5 cm³/mol. The van der Waals surface area contributed by atoms with Crippen LogP contribution in [0.15, 0.2) is 42.5 Å². The van der Waals surface area contributed by atoms with Gasteiger partial charge in [0.25, 0.3) is 0 Å². The lowest BCUT2D eigenvalue weighted by molar-refractivity contribution is -0.115. The van der Waals surface area contributed by atoms with E-state index in [9.17, 15) is 4.79 Å². The molecule has 0 spiro atoms. The van der Waals surface area contributed by atoms with Gasteiger partial charge in [-0.3, -0.25) is 4.79 Å². The van der Waals surface area contributed by atoms with E-state index >= 15 is 0 Å². The fraction of sp³-hybridized carbons (Fsp3) is 0.278. The van der Waals surface area contributed by atoms with Crippen molar-refractivity contribution < 1.29 is 4.79 Å². The molecule has 21 heavy (non-hydrogen) atoms. The van der Waals surface area contributed by atoms with Crippen molar-refractivity contribution in [1.82, 2.24) is 5.32 Å². The van der Waals surface area contributed by atoms with Crippen molar-refractivity contribution in [1.29, 1.82) is 0 Å². The minimum Gasteiger partial charge on any atom is -0.326 e.